The lowest BCUT2D eigenvalue weighted by Crippen LogP contribution is -2.33. The molecule has 0 atom stereocenters. The fraction of sp³-hybridized carbons (Fsp3) is 0.421. The van der Waals surface area contributed by atoms with Gasteiger partial charge < -0.3 is 15.4 Å². The molecule has 0 saturated carbocycles. The zero-order valence-corrected chi connectivity index (χ0v) is 16.2. The first-order chi connectivity index (χ1) is 12.9. The van der Waals surface area contributed by atoms with Gasteiger partial charge in [-0.05, 0) is 39.1 Å². The van der Waals surface area contributed by atoms with Crippen LogP contribution in [0.3, 0.4) is 0 Å². The molecule has 8 heteroatoms. The van der Waals surface area contributed by atoms with E-state index in [0.29, 0.717) is 17.9 Å². The van der Waals surface area contributed by atoms with Gasteiger partial charge in [0.05, 0.1) is 11.4 Å². The van der Waals surface area contributed by atoms with Crippen molar-refractivity contribution in [3.63, 3.8) is 0 Å². The number of rotatable bonds is 8. The molecule has 0 spiro atoms. The van der Waals surface area contributed by atoms with Crippen molar-refractivity contribution in [1.29, 1.82) is 0 Å². The zero-order chi connectivity index (χ0) is 20.0. The molecule has 1 heterocycles. The minimum atomic E-state index is -0.701. The van der Waals surface area contributed by atoms with Crippen molar-refractivity contribution in [1.82, 2.24) is 19.9 Å². The molecule has 0 fully saturated rings. The predicted octanol–water partition coefficient (Wildman–Crippen LogP) is 1.20. The fourth-order valence-corrected chi connectivity index (χ4v) is 2.76. The largest absolute Gasteiger partial charge is 0.493 e. The molecule has 1 aromatic heterocycles. The third-order valence-corrected chi connectivity index (χ3v) is 4.42. The lowest BCUT2D eigenvalue weighted by molar-refractivity contribution is 0.303. The van der Waals surface area contributed by atoms with Gasteiger partial charge in [-0.2, -0.15) is 5.10 Å². The van der Waals surface area contributed by atoms with Crippen LogP contribution in [0.25, 0.3) is 5.69 Å². The molecule has 1 aromatic carbocycles. The first-order valence-corrected chi connectivity index (χ1v) is 9.04. The van der Waals surface area contributed by atoms with E-state index in [1.807, 2.05) is 19.1 Å². The molecule has 0 aliphatic rings. The lowest BCUT2D eigenvalue weighted by Gasteiger charge is -2.17. The smallest absolute Gasteiger partial charge is 0.335 e. The van der Waals surface area contributed by atoms with Gasteiger partial charge in [-0.3, -0.25) is 9.78 Å². The summed E-state index contributed by atoms with van der Waals surface area (Å²) in [6.45, 7) is 11.0. The third kappa shape index (κ3) is 4.85. The molecule has 0 bridgehead atoms. The Bertz CT molecular complexity index is 908. The van der Waals surface area contributed by atoms with Crippen LogP contribution in [0.4, 0.5) is 0 Å². The van der Waals surface area contributed by atoms with E-state index in [2.05, 4.69) is 34.3 Å². The van der Waals surface area contributed by atoms with Gasteiger partial charge in [0.2, 0.25) is 5.88 Å². The maximum atomic E-state index is 12.2. The summed E-state index contributed by atoms with van der Waals surface area (Å²) < 4.78 is 1.06. The number of aromatic hydroxyl groups is 1. The summed E-state index contributed by atoms with van der Waals surface area (Å²) in [5, 5.41) is 14.8. The standard InChI is InChI=1S/C19H27N5O3/c1-5-23(6-2)12-11-20-22-14(4)16-17(25)21-19(27)24(18(16)26)15-9-7-13(3)8-10-15/h7-10,20,26H,5-6,11-12H2,1-4H3,(H,21,25,27). The van der Waals surface area contributed by atoms with Crippen molar-refractivity contribution in [3.8, 4) is 11.6 Å². The van der Waals surface area contributed by atoms with Crippen molar-refractivity contribution in [2.24, 2.45) is 5.10 Å². The van der Waals surface area contributed by atoms with Gasteiger partial charge in [-0.15, -0.1) is 0 Å². The number of aromatic amines is 1. The van der Waals surface area contributed by atoms with Gasteiger partial charge in [-0.25, -0.2) is 9.36 Å². The topological polar surface area (TPSA) is 103 Å². The highest BCUT2D eigenvalue weighted by Gasteiger charge is 2.18. The molecule has 2 rings (SSSR count). The van der Waals surface area contributed by atoms with E-state index in [1.165, 1.54) is 0 Å². The highest BCUT2D eigenvalue weighted by Crippen LogP contribution is 2.17. The van der Waals surface area contributed by atoms with Crippen LogP contribution in [0.1, 0.15) is 31.9 Å². The predicted molar refractivity (Wildman–Crippen MR) is 107 cm³/mol. The summed E-state index contributed by atoms with van der Waals surface area (Å²) in [7, 11) is 0. The molecule has 0 aliphatic carbocycles. The Balaban J connectivity index is 2.32. The van der Waals surface area contributed by atoms with Crippen LogP contribution in [0.15, 0.2) is 39.0 Å². The number of nitrogens with zero attached hydrogens (tertiary/aromatic N) is 3. The highest BCUT2D eigenvalue weighted by atomic mass is 16.3. The summed E-state index contributed by atoms with van der Waals surface area (Å²) in [6.07, 6.45) is 0. The van der Waals surface area contributed by atoms with Crippen LogP contribution >= 0.6 is 0 Å². The number of nitrogens with one attached hydrogen (secondary N) is 2. The molecule has 27 heavy (non-hydrogen) atoms. The normalized spacial score (nSPS) is 11.8. The second-order valence-electron chi connectivity index (χ2n) is 6.26. The molecule has 0 saturated heterocycles. The lowest BCUT2D eigenvalue weighted by atomic mass is 10.2. The Morgan fingerprint density at radius 2 is 1.85 bits per heavy atom. The van der Waals surface area contributed by atoms with E-state index in [1.54, 1.807) is 19.1 Å². The maximum Gasteiger partial charge on any atom is 0.335 e. The van der Waals surface area contributed by atoms with Gasteiger partial charge >= 0.3 is 5.69 Å². The summed E-state index contributed by atoms with van der Waals surface area (Å²) in [5.74, 6) is -0.431. The van der Waals surface area contributed by atoms with Crippen LogP contribution in [0.2, 0.25) is 0 Å². The average molecular weight is 373 g/mol. The second kappa shape index (κ2) is 9.18. The van der Waals surface area contributed by atoms with E-state index in [9.17, 15) is 14.7 Å². The van der Waals surface area contributed by atoms with Crippen LogP contribution in [-0.2, 0) is 0 Å². The molecular weight excluding hydrogens is 346 g/mol. The van der Waals surface area contributed by atoms with Crippen molar-refractivity contribution >= 4 is 5.71 Å². The molecule has 0 radical (unpaired) electrons. The number of aromatic nitrogens is 2. The first-order valence-electron chi connectivity index (χ1n) is 9.04. The molecule has 0 unspecified atom stereocenters. The van der Waals surface area contributed by atoms with Crippen LogP contribution in [0.5, 0.6) is 5.88 Å². The minimum Gasteiger partial charge on any atom is -0.493 e. The van der Waals surface area contributed by atoms with Crippen molar-refractivity contribution in [2.45, 2.75) is 27.7 Å². The Morgan fingerprint density at radius 3 is 2.44 bits per heavy atom. The van der Waals surface area contributed by atoms with Crippen molar-refractivity contribution < 1.29 is 5.11 Å². The van der Waals surface area contributed by atoms with Gasteiger partial charge in [0, 0.05) is 13.1 Å². The number of hydrogen-bond acceptors (Lipinski definition) is 6. The van der Waals surface area contributed by atoms with Gasteiger partial charge in [0.1, 0.15) is 5.56 Å². The molecule has 0 aliphatic heterocycles. The van der Waals surface area contributed by atoms with E-state index < -0.39 is 17.1 Å². The summed E-state index contributed by atoms with van der Waals surface area (Å²) >= 11 is 0. The van der Waals surface area contributed by atoms with Crippen LogP contribution in [0, 0.1) is 6.92 Å². The Hall–Kier alpha value is -2.87. The molecule has 3 N–H and O–H groups in total. The first kappa shape index (κ1) is 20.4. The molecule has 2 aromatic rings. The monoisotopic (exact) mass is 373 g/mol. The molecule has 146 valence electrons. The van der Waals surface area contributed by atoms with E-state index in [4.69, 9.17) is 0 Å². The Morgan fingerprint density at radius 1 is 1.22 bits per heavy atom. The van der Waals surface area contributed by atoms with Gasteiger partial charge in [0.25, 0.3) is 5.56 Å². The van der Waals surface area contributed by atoms with E-state index in [-0.39, 0.29) is 5.56 Å². The number of benzene rings is 1. The number of hydrogen-bond donors (Lipinski definition) is 3. The number of likely N-dealkylation sites (N-methyl/N-ethyl adjacent to an activating group) is 1. The highest BCUT2D eigenvalue weighted by molar-refractivity contribution is 6.00. The average Bonchev–Trinajstić information content (AvgIpc) is 2.63. The quantitative estimate of drug-likeness (QED) is 0.366. The second-order valence-corrected chi connectivity index (χ2v) is 6.26. The SMILES string of the molecule is CCN(CC)CCNN=C(C)c1c(O)n(-c2ccc(C)cc2)c(=O)[nH]c1=O. The van der Waals surface area contributed by atoms with Gasteiger partial charge in [-0.1, -0.05) is 31.5 Å². The van der Waals surface area contributed by atoms with Crippen molar-refractivity contribution in [2.75, 3.05) is 26.2 Å². The van der Waals surface area contributed by atoms with E-state index in [0.717, 1.165) is 29.8 Å². The number of aryl methyl sites for hydroxylation is 1. The van der Waals surface area contributed by atoms with Gasteiger partial charge in [0.15, 0.2) is 0 Å². The maximum absolute atomic E-state index is 12.2. The zero-order valence-electron chi connectivity index (χ0n) is 16.2. The van der Waals surface area contributed by atoms with Crippen molar-refractivity contribution in [3.05, 3.63) is 56.2 Å². The van der Waals surface area contributed by atoms with Crippen LogP contribution < -0.4 is 16.7 Å². The van der Waals surface area contributed by atoms with E-state index >= 15 is 0 Å². The molecular formula is C19H27N5O3. The Kier molecular flexibility index (Phi) is 6.95. The Labute approximate surface area is 158 Å². The molecule has 8 nitrogen and oxygen atoms in total. The third-order valence-electron chi connectivity index (χ3n) is 4.42. The van der Waals surface area contributed by atoms with Crippen LogP contribution in [-0.4, -0.2) is 51.4 Å². The molecule has 0 amide bonds. The minimum absolute atomic E-state index is 0.0366. The number of hydrazone groups is 1. The summed E-state index contributed by atoms with van der Waals surface area (Å²) in [4.78, 5) is 28.9. The summed E-state index contributed by atoms with van der Waals surface area (Å²) in [6, 6.07) is 7.05. The fourth-order valence-electron chi connectivity index (χ4n) is 2.76. The summed E-state index contributed by atoms with van der Waals surface area (Å²) in [5.41, 5.74) is 3.28. The number of H-pyrrole nitrogens is 1.